The van der Waals surface area contributed by atoms with Crippen LogP contribution in [0, 0.1) is 5.41 Å². The molecule has 27 nitrogen and oxygen atoms in total. The van der Waals surface area contributed by atoms with Crippen molar-refractivity contribution in [2.24, 2.45) is 5.41 Å². The molecule has 2 unspecified atom stereocenters. The molecule has 1 aliphatic heterocycles. The summed E-state index contributed by atoms with van der Waals surface area (Å²) >= 11 is 1.33. The van der Waals surface area contributed by atoms with Gasteiger partial charge in [-0.1, -0.05) is 13.8 Å². The van der Waals surface area contributed by atoms with Gasteiger partial charge in [-0.2, -0.15) is 11.8 Å². The number of aromatic nitrogens is 4. The number of hydrogen-bond donors (Lipinski definition) is 7. The number of nitrogen functional groups attached to an aromatic ring is 1. The van der Waals surface area contributed by atoms with Crippen molar-refractivity contribution in [3.63, 3.8) is 0 Å². The van der Waals surface area contributed by atoms with Gasteiger partial charge in [0, 0.05) is 37.2 Å². The number of amides is 3. The van der Waals surface area contributed by atoms with E-state index in [1.807, 2.05) is 14.1 Å². The third-order valence-corrected chi connectivity index (χ3v) is 12.6. The Balaban J connectivity index is 1.37. The molecule has 0 bridgehead atoms. The third-order valence-electron chi connectivity index (χ3n) is 8.67. The fourth-order valence-corrected chi connectivity index (χ4v) is 8.90. The number of carbonyl (C=O) groups is 3. The average molecular weight is 963 g/mol. The fourth-order valence-electron chi connectivity index (χ4n) is 5.48. The summed E-state index contributed by atoms with van der Waals surface area (Å²) in [4.78, 5) is 98.5. The standard InChI is InChI=1S/C31H57N10O17P3S/c1-31(2,26(45)29(46)36-11-7-21(42)35-12-14-62-16-22(43)34-10-5-8-33-9-6-13-40(3)4)17-55-61(52,53)58-60(50,51)54-15-20-25(57-59(47,48)49)24(44)30(56-20)41-19-39-23-27(32)37-18-38-28(23)41/h18-20,24-26,30,33,44-45H,5-17H2,1-4H3,(H,34,43)(H,35,42)(H,36,46)(H,50,51)(H,52,53)(H2,32,37,38)(H2,47,48,49)/p-4/t20-,24-,25-,26+,30-/m1/s1. The number of nitrogens with one attached hydrogen (secondary N) is 4. The van der Waals surface area contributed by atoms with Gasteiger partial charge < -0.3 is 84.6 Å². The van der Waals surface area contributed by atoms with Gasteiger partial charge in [-0.3, -0.25) is 28.1 Å². The van der Waals surface area contributed by atoms with E-state index in [0.29, 0.717) is 12.3 Å². The molecule has 7 atom stereocenters. The van der Waals surface area contributed by atoms with E-state index in [-0.39, 0.29) is 48.2 Å². The van der Waals surface area contributed by atoms with Crippen LogP contribution in [0.5, 0.6) is 0 Å². The summed E-state index contributed by atoms with van der Waals surface area (Å²) in [6.45, 7) is 3.43. The second kappa shape index (κ2) is 24.5. The molecule has 62 heavy (non-hydrogen) atoms. The van der Waals surface area contributed by atoms with Crippen LogP contribution in [0.3, 0.4) is 0 Å². The van der Waals surface area contributed by atoms with Crippen molar-refractivity contribution in [1.82, 2.24) is 45.7 Å². The van der Waals surface area contributed by atoms with E-state index in [0.717, 1.165) is 49.7 Å². The molecule has 2 aromatic heterocycles. The lowest BCUT2D eigenvalue weighted by atomic mass is 9.87. The molecular weight excluding hydrogens is 909 g/mol. The second-order valence-corrected chi connectivity index (χ2v) is 19.8. The maximum absolute atomic E-state index is 12.6. The third kappa shape index (κ3) is 18.4. The highest BCUT2D eigenvalue weighted by Gasteiger charge is 2.47. The molecule has 0 aromatic carbocycles. The largest absolute Gasteiger partial charge is 0.790 e. The highest BCUT2D eigenvalue weighted by atomic mass is 32.2. The molecular formula is C31H53N10O17P3S-4. The van der Waals surface area contributed by atoms with Gasteiger partial charge in [0.25, 0.3) is 15.6 Å². The number of carbonyl (C=O) groups excluding carboxylic acids is 3. The molecule has 354 valence electrons. The number of phosphoric acid groups is 3. The lowest BCUT2D eigenvalue weighted by molar-refractivity contribution is -0.347. The minimum Gasteiger partial charge on any atom is -0.790 e. The molecule has 1 aliphatic rings. The van der Waals surface area contributed by atoms with Crippen molar-refractivity contribution in [2.45, 2.75) is 63.8 Å². The topological polar surface area (TPSA) is 402 Å². The van der Waals surface area contributed by atoms with Gasteiger partial charge in [-0.05, 0) is 46.6 Å². The summed E-state index contributed by atoms with van der Waals surface area (Å²) in [5.74, 6) is -0.966. The van der Waals surface area contributed by atoms with Crippen molar-refractivity contribution in [2.75, 3.05) is 83.8 Å². The van der Waals surface area contributed by atoms with Crippen molar-refractivity contribution < 1.29 is 80.5 Å². The number of nitrogens with two attached hydrogens (primary N) is 1. The Hall–Kier alpha value is -2.72. The average Bonchev–Trinajstić information content (AvgIpc) is 3.73. The van der Waals surface area contributed by atoms with E-state index in [4.69, 9.17) is 10.5 Å². The van der Waals surface area contributed by atoms with Crippen LogP contribution >= 0.6 is 35.2 Å². The van der Waals surface area contributed by atoms with Gasteiger partial charge in [-0.15, -0.1) is 0 Å². The van der Waals surface area contributed by atoms with Gasteiger partial charge in [0.05, 0.1) is 33.1 Å². The molecule has 0 radical (unpaired) electrons. The van der Waals surface area contributed by atoms with Crippen molar-refractivity contribution >= 4 is 69.9 Å². The summed E-state index contributed by atoms with van der Waals surface area (Å²) in [6.07, 6.45) is -5.74. The minimum atomic E-state index is -5.92. The minimum absolute atomic E-state index is 0.0213. The SMILES string of the molecule is CN(C)CCCNCCCNC(=O)CSCCNC(=O)CCNC(=O)[C@H](O)C(C)(C)COP(=O)([O-])OP(=O)([O-])OC[C@H]1O[C@@H](n2cnc3c(N)ncnc32)[C@H](O)[C@@H]1OP(=O)([O-])[O-]. The monoisotopic (exact) mass is 962 g/mol. The molecule has 3 amide bonds. The predicted molar refractivity (Wildman–Crippen MR) is 212 cm³/mol. The first-order valence-corrected chi connectivity index (χ1v) is 24.5. The van der Waals surface area contributed by atoms with Gasteiger partial charge in [0.15, 0.2) is 17.7 Å². The maximum atomic E-state index is 12.6. The maximum Gasteiger partial charge on any atom is 0.274 e. The van der Waals surface area contributed by atoms with Crippen LogP contribution in [-0.4, -0.2) is 155 Å². The van der Waals surface area contributed by atoms with Gasteiger partial charge in [0.1, 0.15) is 36.3 Å². The highest BCUT2D eigenvalue weighted by molar-refractivity contribution is 7.99. The molecule has 3 rings (SSSR count). The van der Waals surface area contributed by atoms with Crippen LogP contribution in [0.25, 0.3) is 11.2 Å². The van der Waals surface area contributed by atoms with E-state index in [2.05, 4.69) is 59.0 Å². The van der Waals surface area contributed by atoms with Crippen LogP contribution in [0.4, 0.5) is 5.82 Å². The van der Waals surface area contributed by atoms with E-state index in [1.165, 1.54) is 25.6 Å². The Morgan fingerprint density at radius 3 is 2.35 bits per heavy atom. The lowest BCUT2D eigenvalue weighted by Crippen LogP contribution is -2.46. The number of anilines is 1. The fraction of sp³-hybridized carbons (Fsp3) is 0.742. The summed E-state index contributed by atoms with van der Waals surface area (Å²) in [6, 6.07) is 0. The smallest absolute Gasteiger partial charge is 0.274 e. The first kappa shape index (κ1) is 53.6. The Kier molecular flexibility index (Phi) is 21.2. The van der Waals surface area contributed by atoms with E-state index < -0.39 is 84.6 Å². The molecule has 1 fully saturated rings. The molecule has 2 aromatic rings. The molecule has 3 heterocycles. The van der Waals surface area contributed by atoms with E-state index in [9.17, 15) is 57.9 Å². The zero-order valence-corrected chi connectivity index (χ0v) is 37.8. The summed E-state index contributed by atoms with van der Waals surface area (Å²) in [5.41, 5.74) is 4.08. The number of hydrogen-bond acceptors (Lipinski definition) is 24. The van der Waals surface area contributed by atoms with Gasteiger partial charge in [0.2, 0.25) is 17.7 Å². The number of phosphoric ester groups is 3. The zero-order valence-electron chi connectivity index (χ0n) is 34.3. The Bertz CT molecular complexity index is 1930. The van der Waals surface area contributed by atoms with Gasteiger partial charge in [-0.25, -0.2) is 19.3 Å². The van der Waals surface area contributed by atoms with Crippen LogP contribution in [0.2, 0.25) is 0 Å². The number of fused-ring (bicyclic) bond motifs is 1. The first-order chi connectivity index (χ1) is 28.9. The molecule has 1 saturated heterocycles. The molecule has 0 spiro atoms. The van der Waals surface area contributed by atoms with Crippen LogP contribution < -0.4 is 46.6 Å². The Labute approximate surface area is 361 Å². The van der Waals surface area contributed by atoms with Crippen molar-refractivity contribution in [1.29, 1.82) is 0 Å². The van der Waals surface area contributed by atoms with E-state index >= 15 is 0 Å². The number of aliphatic hydroxyl groups excluding tert-OH is 2. The first-order valence-electron chi connectivity index (χ1n) is 18.9. The Morgan fingerprint density at radius 1 is 0.984 bits per heavy atom. The number of aliphatic hydroxyl groups is 2. The molecule has 8 N–H and O–H groups in total. The van der Waals surface area contributed by atoms with Crippen LogP contribution in [0.15, 0.2) is 12.7 Å². The van der Waals surface area contributed by atoms with Gasteiger partial charge >= 0.3 is 0 Å². The summed E-state index contributed by atoms with van der Waals surface area (Å²) < 4.78 is 60.7. The van der Waals surface area contributed by atoms with Crippen LogP contribution in [-0.2, 0) is 50.7 Å². The van der Waals surface area contributed by atoms with E-state index in [1.54, 1.807) is 0 Å². The number of thioether (sulfide) groups is 1. The van der Waals surface area contributed by atoms with Crippen LogP contribution in [0.1, 0.15) is 39.3 Å². The predicted octanol–water partition coefficient (Wildman–Crippen LogP) is -4.34. The molecule has 0 aliphatic carbocycles. The summed E-state index contributed by atoms with van der Waals surface area (Å²) in [7, 11) is -13.6. The van der Waals surface area contributed by atoms with Crippen molar-refractivity contribution in [3.8, 4) is 0 Å². The zero-order chi connectivity index (χ0) is 46.3. The lowest BCUT2D eigenvalue weighted by Gasteiger charge is -2.36. The van der Waals surface area contributed by atoms with Crippen molar-refractivity contribution in [3.05, 3.63) is 12.7 Å². The number of rotatable bonds is 29. The number of ether oxygens (including phenoxy) is 1. The second-order valence-electron chi connectivity index (χ2n) is 14.6. The quantitative estimate of drug-likeness (QED) is 0.0299. The molecule has 31 heteroatoms. The Morgan fingerprint density at radius 2 is 1.66 bits per heavy atom. The number of nitrogens with zero attached hydrogens (tertiary/aromatic N) is 5. The molecule has 0 saturated carbocycles. The summed E-state index contributed by atoms with van der Waals surface area (Å²) in [5, 5.41) is 32.5. The normalized spacial score (nSPS) is 20.8. The number of imidazole rings is 1. The highest BCUT2D eigenvalue weighted by Crippen LogP contribution is 2.56.